The molecule has 0 saturated heterocycles. The first-order valence-corrected chi connectivity index (χ1v) is 9.40. The van der Waals surface area contributed by atoms with Gasteiger partial charge in [0, 0.05) is 15.8 Å². The molecule has 24 heavy (non-hydrogen) atoms. The van der Waals surface area contributed by atoms with E-state index in [-0.39, 0.29) is 12.1 Å². The number of nitrogens with zero attached hydrogens (tertiary/aromatic N) is 4. The highest BCUT2D eigenvalue weighted by Crippen LogP contribution is 2.34. The van der Waals surface area contributed by atoms with Gasteiger partial charge in [-0.15, -0.1) is 11.3 Å². The summed E-state index contributed by atoms with van der Waals surface area (Å²) in [7, 11) is 0. The summed E-state index contributed by atoms with van der Waals surface area (Å²) in [5, 5.41) is 8.68. The number of rotatable bonds is 3. The molecule has 6 nitrogen and oxygen atoms in total. The van der Waals surface area contributed by atoms with Gasteiger partial charge in [-0.1, -0.05) is 5.16 Å². The van der Waals surface area contributed by atoms with Crippen molar-refractivity contribution in [2.75, 3.05) is 0 Å². The first kappa shape index (κ1) is 14.1. The molecule has 0 bridgehead atoms. The number of fused-ring (bicyclic) bond motifs is 3. The average molecular weight is 356 g/mol. The molecule has 120 valence electrons. The molecule has 1 aliphatic carbocycles. The molecule has 4 aromatic heterocycles. The van der Waals surface area contributed by atoms with Crippen LogP contribution in [0.5, 0.6) is 0 Å². The Hall–Kier alpha value is -2.32. The lowest BCUT2D eigenvalue weighted by molar-refractivity contribution is 0.369. The van der Waals surface area contributed by atoms with Crippen molar-refractivity contribution >= 4 is 32.9 Å². The van der Waals surface area contributed by atoms with Crippen LogP contribution in [0.3, 0.4) is 0 Å². The van der Waals surface area contributed by atoms with E-state index in [9.17, 15) is 4.79 Å². The zero-order valence-electron chi connectivity index (χ0n) is 12.6. The number of aryl methyl sites for hydroxylation is 2. The molecule has 0 radical (unpaired) electrons. The molecule has 0 saturated carbocycles. The fraction of sp³-hybridized carbons (Fsp3) is 0.250. The largest absolute Gasteiger partial charge is 0.337 e. The Morgan fingerprint density at radius 2 is 2.29 bits per heavy atom. The minimum absolute atomic E-state index is 0.0188. The zero-order valence-corrected chi connectivity index (χ0v) is 14.2. The van der Waals surface area contributed by atoms with Gasteiger partial charge >= 0.3 is 0 Å². The predicted molar refractivity (Wildman–Crippen MR) is 92.6 cm³/mol. The maximum absolute atomic E-state index is 12.8. The average Bonchev–Trinajstić information content (AvgIpc) is 3.33. The Balaban J connectivity index is 1.53. The molecule has 0 spiro atoms. The van der Waals surface area contributed by atoms with Gasteiger partial charge in [0.25, 0.3) is 5.56 Å². The lowest BCUT2D eigenvalue weighted by Crippen LogP contribution is -2.21. The second-order valence-electron chi connectivity index (χ2n) is 5.74. The van der Waals surface area contributed by atoms with E-state index < -0.39 is 0 Å². The van der Waals surface area contributed by atoms with Crippen LogP contribution in [0.2, 0.25) is 0 Å². The van der Waals surface area contributed by atoms with E-state index in [0.717, 1.165) is 35.0 Å². The minimum atomic E-state index is -0.0188. The molecule has 0 aromatic carbocycles. The third-order valence-electron chi connectivity index (χ3n) is 4.24. The van der Waals surface area contributed by atoms with Crippen molar-refractivity contribution < 1.29 is 4.52 Å². The van der Waals surface area contributed by atoms with Crippen molar-refractivity contribution in [2.45, 2.75) is 25.8 Å². The summed E-state index contributed by atoms with van der Waals surface area (Å²) in [6.45, 7) is 0.240. The highest BCUT2D eigenvalue weighted by Gasteiger charge is 2.21. The number of hydrogen-bond donors (Lipinski definition) is 0. The topological polar surface area (TPSA) is 73.8 Å². The minimum Gasteiger partial charge on any atom is -0.337 e. The van der Waals surface area contributed by atoms with E-state index in [2.05, 4.69) is 15.1 Å². The van der Waals surface area contributed by atoms with E-state index in [1.165, 1.54) is 10.4 Å². The molecule has 4 aromatic rings. The van der Waals surface area contributed by atoms with Crippen LogP contribution in [0.4, 0.5) is 0 Å². The van der Waals surface area contributed by atoms with Gasteiger partial charge in [-0.05, 0) is 36.3 Å². The van der Waals surface area contributed by atoms with Gasteiger partial charge < -0.3 is 4.52 Å². The van der Waals surface area contributed by atoms with Gasteiger partial charge in [0.05, 0.1) is 11.7 Å². The summed E-state index contributed by atoms with van der Waals surface area (Å²) in [5.41, 5.74) is 2.09. The van der Waals surface area contributed by atoms with Crippen molar-refractivity contribution in [3.8, 4) is 11.4 Å². The first-order chi connectivity index (χ1) is 11.8. The second kappa shape index (κ2) is 5.35. The molecule has 0 N–H and O–H groups in total. The Kier molecular flexibility index (Phi) is 3.14. The molecule has 1 aliphatic rings. The molecule has 0 aliphatic heterocycles. The van der Waals surface area contributed by atoms with E-state index in [1.807, 2.05) is 16.8 Å². The van der Waals surface area contributed by atoms with Crippen LogP contribution < -0.4 is 5.56 Å². The lowest BCUT2D eigenvalue weighted by Gasteiger charge is -2.02. The zero-order chi connectivity index (χ0) is 16.1. The van der Waals surface area contributed by atoms with Gasteiger partial charge in [0.1, 0.15) is 11.4 Å². The van der Waals surface area contributed by atoms with Crippen LogP contribution in [0, 0.1) is 0 Å². The van der Waals surface area contributed by atoms with E-state index >= 15 is 0 Å². The quantitative estimate of drug-likeness (QED) is 0.564. The Morgan fingerprint density at radius 1 is 1.33 bits per heavy atom. The summed E-state index contributed by atoms with van der Waals surface area (Å²) in [6, 6.07) is 1.94. The molecule has 5 rings (SSSR count). The number of hydrogen-bond acceptors (Lipinski definition) is 7. The molecule has 8 heteroatoms. The summed E-state index contributed by atoms with van der Waals surface area (Å²) < 4.78 is 6.85. The van der Waals surface area contributed by atoms with Gasteiger partial charge in [-0.2, -0.15) is 16.3 Å². The SMILES string of the molecule is O=c1c2c3c(sc2ncn1Cc1nc(-c2ccsc2)no1)CCC3. The molecule has 4 heterocycles. The van der Waals surface area contributed by atoms with Gasteiger partial charge in [0.2, 0.25) is 11.7 Å². The molecular formula is C16H12N4O2S2. The summed E-state index contributed by atoms with van der Waals surface area (Å²) in [5.74, 6) is 0.955. The van der Waals surface area contributed by atoms with Crippen molar-refractivity contribution in [1.29, 1.82) is 0 Å². The monoisotopic (exact) mass is 356 g/mol. The van der Waals surface area contributed by atoms with E-state index in [0.29, 0.717) is 11.7 Å². The smallest absolute Gasteiger partial charge is 0.262 e. The normalized spacial score (nSPS) is 13.7. The van der Waals surface area contributed by atoms with Gasteiger partial charge in [-0.25, -0.2) is 4.98 Å². The van der Waals surface area contributed by atoms with Crippen LogP contribution >= 0.6 is 22.7 Å². The lowest BCUT2D eigenvalue weighted by atomic mass is 10.2. The van der Waals surface area contributed by atoms with Gasteiger partial charge in [0.15, 0.2) is 0 Å². The fourth-order valence-electron chi connectivity index (χ4n) is 3.11. The molecule has 0 amide bonds. The maximum Gasteiger partial charge on any atom is 0.262 e. The first-order valence-electron chi connectivity index (χ1n) is 7.64. The van der Waals surface area contributed by atoms with Crippen molar-refractivity contribution in [2.24, 2.45) is 0 Å². The Bertz CT molecular complexity index is 1090. The predicted octanol–water partition coefficient (Wildman–Crippen LogP) is 3.11. The standard InChI is InChI=1S/C16H12N4O2S2/c21-16-13-10-2-1-3-11(10)24-15(13)17-8-20(16)6-12-18-14(19-22-12)9-4-5-23-7-9/h4-5,7-8H,1-3,6H2. The van der Waals surface area contributed by atoms with E-state index in [1.54, 1.807) is 33.6 Å². The summed E-state index contributed by atoms with van der Waals surface area (Å²) in [4.78, 5) is 23.8. The molecular weight excluding hydrogens is 344 g/mol. The summed E-state index contributed by atoms with van der Waals surface area (Å²) in [6.07, 6.45) is 4.73. The van der Waals surface area contributed by atoms with Crippen LogP contribution in [-0.2, 0) is 19.4 Å². The summed E-state index contributed by atoms with van der Waals surface area (Å²) >= 11 is 3.22. The van der Waals surface area contributed by atoms with Crippen LogP contribution in [-0.4, -0.2) is 19.7 Å². The Labute approximate surface area is 144 Å². The highest BCUT2D eigenvalue weighted by molar-refractivity contribution is 7.18. The maximum atomic E-state index is 12.8. The van der Waals surface area contributed by atoms with Crippen LogP contribution in [0.15, 0.2) is 32.5 Å². The van der Waals surface area contributed by atoms with Crippen LogP contribution in [0.25, 0.3) is 21.6 Å². The van der Waals surface area contributed by atoms with Crippen molar-refractivity contribution in [3.05, 3.63) is 49.8 Å². The molecule has 0 fully saturated rings. The van der Waals surface area contributed by atoms with Crippen molar-refractivity contribution in [3.63, 3.8) is 0 Å². The van der Waals surface area contributed by atoms with Gasteiger partial charge in [-0.3, -0.25) is 9.36 Å². The molecule has 0 atom stereocenters. The third-order valence-corrected chi connectivity index (χ3v) is 6.13. The third kappa shape index (κ3) is 2.14. The Morgan fingerprint density at radius 3 is 3.17 bits per heavy atom. The highest BCUT2D eigenvalue weighted by atomic mass is 32.1. The second-order valence-corrected chi connectivity index (χ2v) is 7.60. The molecule has 0 unspecified atom stereocenters. The van der Waals surface area contributed by atoms with E-state index in [4.69, 9.17) is 4.52 Å². The fourth-order valence-corrected chi connectivity index (χ4v) is 4.96. The number of aromatic nitrogens is 4. The van der Waals surface area contributed by atoms with Crippen LogP contribution in [0.1, 0.15) is 22.8 Å². The number of thiophene rings is 2. The van der Waals surface area contributed by atoms with Crippen molar-refractivity contribution in [1.82, 2.24) is 19.7 Å².